The van der Waals surface area contributed by atoms with Crippen molar-refractivity contribution in [2.45, 2.75) is 41.9 Å². The molecule has 2 amide bonds. The normalized spacial score (nSPS) is 23.8. The Balaban J connectivity index is 1.60. The second kappa shape index (κ2) is 7.54. The van der Waals surface area contributed by atoms with E-state index < -0.39 is 16.8 Å². The number of benzene rings is 1. The minimum absolute atomic E-state index is 0.0598. The van der Waals surface area contributed by atoms with Gasteiger partial charge in [-0.1, -0.05) is 0 Å². The fraction of sp³-hybridized carbons (Fsp3) is 0.556. The van der Waals surface area contributed by atoms with Crippen LogP contribution in [0.15, 0.2) is 29.2 Å². The van der Waals surface area contributed by atoms with Crippen molar-refractivity contribution in [1.82, 2.24) is 9.80 Å². The SMILES string of the molecule is CC(=O)N1CCC(O)(C(=O)N2CCC([S+]([O-])c3ccc(F)cc3)C2)CC1. The fourth-order valence-corrected chi connectivity index (χ4v) is 4.97. The lowest BCUT2D eigenvalue weighted by Gasteiger charge is -2.38. The zero-order valence-electron chi connectivity index (χ0n) is 14.7. The fourth-order valence-electron chi connectivity index (χ4n) is 3.55. The van der Waals surface area contributed by atoms with Crippen LogP contribution in [0, 0.1) is 5.82 Å². The average molecular weight is 382 g/mol. The maximum atomic E-state index is 13.0. The highest BCUT2D eigenvalue weighted by Crippen LogP contribution is 2.29. The predicted molar refractivity (Wildman–Crippen MR) is 94.2 cm³/mol. The van der Waals surface area contributed by atoms with E-state index in [4.69, 9.17) is 0 Å². The molecule has 3 rings (SSSR count). The van der Waals surface area contributed by atoms with Crippen LogP contribution < -0.4 is 0 Å². The Morgan fingerprint density at radius 1 is 1.19 bits per heavy atom. The molecule has 0 bridgehead atoms. The summed E-state index contributed by atoms with van der Waals surface area (Å²) in [5, 5.41) is 10.5. The van der Waals surface area contributed by atoms with Crippen LogP contribution in [0.25, 0.3) is 0 Å². The van der Waals surface area contributed by atoms with E-state index in [1.165, 1.54) is 31.2 Å². The molecule has 2 atom stereocenters. The van der Waals surface area contributed by atoms with Crippen molar-refractivity contribution in [1.29, 1.82) is 0 Å². The van der Waals surface area contributed by atoms with E-state index in [0.29, 0.717) is 37.5 Å². The van der Waals surface area contributed by atoms with Crippen molar-refractivity contribution >= 4 is 23.0 Å². The van der Waals surface area contributed by atoms with E-state index >= 15 is 0 Å². The predicted octanol–water partition coefficient (Wildman–Crippen LogP) is 0.908. The number of likely N-dealkylation sites (tertiary alicyclic amines) is 2. The number of halogens is 1. The molecule has 142 valence electrons. The first-order chi connectivity index (χ1) is 12.3. The van der Waals surface area contributed by atoms with E-state index in [9.17, 15) is 23.6 Å². The quantitative estimate of drug-likeness (QED) is 0.788. The summed E-state index contributed by atoms with van der Waals surface area (Å²) < 4.78 is 25.7. The molecule has 1 aromatic carbocycles. The monoisotopic (exact) mass is 382 g/mol. The van der Waals surface area contributed by atoms with E-state index in [-0.39, 0.29) is 35.7 Å². The number of carbonyl (C=O) groups is 2. The van der Waals surface area contributed by atoms with E-state index in [0.717, 1.165) is 0 Å². The summed E-state index contributed by atoms with van der Waals surface area (Å²) in [4.78, 5) is 27.9. The number of piperidine rings is 1. The Bertz CT molecular complexity index is 676. The molecular weight excluding hydrogens is 359 g/mol. The van der Waals surface area contributed by atoms with Crippen LogP contribution in [0.2, 0.25) is 0 Å². The maximum Gasteiger partial charge on any atom is 0.254 e. The number of hydrogen-bond donors (Lipinski definition) is 1. The first kappa shape index (κ1) is 19.1. The topological polar surface area (TPSA) is 83.9 Å². The molecule has 0 radical (unpaired) electrons. The Morgan fingerprint density at radius 2 is 1.81 bits per heavy atom. The zero-order chi connectivity index (χ0) is 18.9. The molecule has 2 aliphatic rings. The lowest BCUT2D eigenvalue weighted by atomic mass is 9.90. The minimum Gasteiger partial charge on any atom is -0.611 e. The second-order valence-corrected chi connectivity index (χ2v) is 8.68. The van der Waals surface area contributed by atoms with Gasteiger partial charge in [-0.15, -0.1) is 0 Å². The van der Waals surface area contributed by atoms with Crippen LogP contribution >= 0.6 is 0 Å². The number of carbonyl (C=O) groups excluding carboxylic acids is 2. The van der Waals surface area contributed by atoms with Gasteiger partial charge < -0.3 is 19.5 Å². The molecule has 0 spiro atoms. The third-order valence-corrected chi connectivity index (χ3v) is 6.94. The molecular formula is C18H23FN2O4S. The lowest BCUT2D eigenvalue weighted by Crippen LogP contribution is -2.55. The molecule has 6 nitrogen and oxygen atoms in total. The number of hydrogen-bond acceptors (Lipinski definition) is 4. The second-order valence-electron chi connectivity index (χ2n) is 6.95. The largest absolute Gasteiger partial charge is 0.611 e. The number of rotatable bonds is 3. The van der Waals surface area contributed by atoms with Crippen LogP contribution in [-0.4, -0.2) is 68.3 Å². The average Bonchev–Trinajstić information content (AvgIpc) is 3.11. The summed E-state index contributed by atoms with van der Waals surface area (Å²) >= 11 is -1.33. The summed E-state index contributed by atoms with van der Waals surface area (Å²) in [6.45, 7) is 2.94. The molecule has 2 aliphatic heterocycles. The third-order valence-electron chi connectivity index (χ3n) is 5.21. The molecule has 1 N–H and O–H groups in total. The molecule has 8 heteroatoms. The lowest BCUT2D eigenvalue weighted by molar-refractivity contribution is -0.157. The highest BCUT2D eigenvalue weighted by atomic mass is 32.2. The van der Waals surface area contributed by atoms with Gasteiger partial charge in [-0.2, -0.15) is 0 Å². The first-order valence-electron chi connectivity index (χ1n) is 8.73. The Labute approximate surface area is 155 Å². The summed E-state index contributed by atoms with van der Waals surface area (Å²) in [5.41, 5.74) is -1.46. The van der Waals surface area contributed by atoms with Gasteiger partial charge in [-0.05, 0) is 35.4 Å². The van der Waals surface area contributed by atoms with Gasteiger partial charge in [0.25, 0.3) is 5.91 Å². The van der Waals surface area contributed by atoms with Gasteiger partial charge in [-0.25, -0.2) is 4.39 Å². The zero-order valence-corrected chi connectivity index (χ0v) is 15.5. The van der Waals surface area contributed by atoms with Crippen molar-refractivity contribution in [2.75, 3.05) is 26.2 Å². The molecule has 26 heavy (non-hydrogen) atoms. The van der Waals surface area contributed by atoms with Gasteiger partial charge in [-0.3, -0.25) is 9.59 Å². The number of aliphatic hydroxyl groups is 1. The van der Waals surface area contributed by atoms with Crippen LogP contribution in [0.1, 0.15) is 26.2 Å². The molecule has 0 saturated carbocycles. The number of amides is 2. The van der Waals surface area contributed by atoms with Crippen LogP contribution in [-0.2, 0) is 20.8 Å². The smallest absolute Gasteiger partial charge is 0.254 e. The van der Waals surface area contributed by atoms with Crippen LogP contribution in [0.5, 0.6) is 0 Å². The molecule has 1 aromatic rings. The van der Waals surface area contributed by atoms with Gasteiger partial charge in [0.1, 0.15) is 16.7 Å². The van der Waals surface area contributed by atoms with Crippen molar-refractivity contribution in [3.8, 4) is 0 Å². The molecule has 0 aliphatic carbocycles. The maximum absolute atomic E-state index is 13.0. The van der Waals surface area contributed by atoms with Crippen molar-refractivity contribution in [2.24, 2.45) is 0 Å². The van der Waals surface area contributed by atoms with Crippen molar-refractivity contribution in [3.05, 3.63) is 30.1 Å². The molecule has 2 saturated heterocycles. The van der Waals surface area contributed by atoms with Gasteiger partial charge in [0.2, 0.25) is 5.91 Å². The summed E-state index contributed by atoms with van der Waals surface area (Å²) in [7, 11) is 0. The highest BCUT2D eigenvalue weighted by molar-refractivity contribution is 7.92. The first-order valence-corrected chi connectivity index (χ1v) is 9.95. The van der Waals surface area contributed by atoms with E-state index in [2.05, 4.69) is 0 Å². The Hall–Kier alpha value is -1.64. The molecule has 2 unspecified atom stereocenters. The number of nitrogens with zero attached hydrogens (tertiary/aromatic N) is 2. The Kier molecular flexibility index (Phi) is 5.55. The van der Waals surface area contributed by atoms with Gasteiger partial charge in [0.15, 0.2) is 4.90 Å². The molecule has 2 heterocycles. The summed E-state index contributed by atoms with van der Waals surface area (Å²) in [6.07, 6.45) is 1.01. The Morgan fingerprint density at radius 3 is 2.38 bits per heavy atom. The van der Waals surface area contributed by atoms with Gasteiger partial charge >= 0.3 is 0 Å². The van der Waals surface area contributed by atoms with E-state index in [1.807, 2.05) is 0 Å². The van der Waals surface area contributed by atoms with E-state index in [1.54, 1.807) is 9.80 Å². The standard InChI is InChI=1S/C18H23FN2O4S/c1-13(22)20-10-7-18(24,8-11-20)17(23)21-9-6-16(12-21)26(25)15-4-2-14(19)3-5-15/h2-5,16,24H,6-12H2,1H3. The highest BCUT2D eigenvalue weighted by Gasteiger charge is 2.45. The third kappa shape index (κ3) is 3.87. The summed E-state index contributed by atoms with van der Waals surface area (Å²) in [6, 6.07) is 5.55. The minimum atomic E-state index is -1.46. The van der Waals surface area contributed by atoms with Gasteiger partial charge in [0.05, 0.1) is 6.54 Å². The van der Waals surface area contributed by atoms with Crippen LogP contribution in [0.4, 0.5) is 4.39 Å². The molecule has 0 aromatic heterocycles. The van der Waals surface area contributed by atoms with Gasteiger partial charge in [0, 0.05) is 45.8 Å². The molecule has 2 fully saturated rings. The van der Waals surface area contributed by atoms with Crippen molar-refractivity contribution < 1.29 is 23.6 Å². The van der Waals surface area contributed by atoms with Crippen LogP contribution in [0.3, 0.4) is 0 Å². The van der Waals surface area contributed by atoms with Crippen molar-refractivity contribution in [3.63, 3.8) is 0 Å². The summed E-state index contributed by atoms with van der Waals surface area (Å²) in [5.74, 6) is -0.789.